The van der Waals surface area contributed by atoms with Crippen LogP contribution in [0.2, 0.25) is 0 Å². The number of halogens is 3. The van der Waals surface area contributed by atoms with E-state index in [0.29, 0.717) is 11.4 Å². The Labute approximate surface area is 134 Å². The van der Waals surface area contributed by atoms with Crippen LogP contribution in [0.1, 0.15) is 19.0 Å². The van der Waals surface area contributed by atoms with Crippen molar-refractivity contribution in [2.45, 2.75) is 20.3 Å². The maximum absolute atomic E-state index is 13.4. The summed E-state index contributed by atoms with van der Waals surface area (Å²) >= 11 is 6.89. The molecule has 6 heteroatoms. The van der Waals surface area contributed by atoms with Gasteiger partial charge < -0.3 is 5.32 Å². The van der Waals surface area contributed by atoms with E-state index >= 15 is 0 Å². The summed E-state index contributed by atoms with van der Waals surface area (Å²) in [4.78, 5) is 8.90. The third-order valence-corrected chi connectivity index (χ3v) is 4.37. The minimum atomic E-state index is -0.310. The summed E-state index contributed by atoms with van der Waals surface area (Å²) < 4.78 is 15.0. The second-order valence-electron chi connectivity index (χ2n) is 4.35. The topological polar surface area (TPSA) is 37.8 Å². The van der Waals surface area contributed by atoms with E-state index < -0.39 is 0 Å². The van der Waals surface area contributed by atoms with Gasteiger partial charge in [0.1, 0.15) is 11.6 Å². The van der Waals surface area contributed by atoms with Crippen LogP contribution >= 0.6 is 31.9 Å². The van der Waals surface area contributed by atoms with Crippen molar-refractivity contribution in [2.24, 2.45) is 0 Å². The van der Waals surface area contributed by atoms with Gasteiger partial charge in [0.2, 0.25) is 0 Å². The Balaban J connectivity index is 2.51. The Morgan fingerprint density at radius 2 is 2.00 bits per heavy atom. The van der Waals surface area contributed by atoms with Gasteiger partial charge in [0.15, 0.2) is 5.82 Å². The minimum Gasteiger partial charge on any atom is -0.369 e. The summed E-state index contributed by atoms with van der Waals surface area (Å²) in [6, 6.07) is 4.48. The monoisotopic (exact) mass is 401 g/mol. The van der Waals surface area contributed by atoms with E-state index in [1.165, 1.54) is 12.1 Å². The standard InChI is InChI=1S/C14H14Br2FN3/c1-3-6-18-14-12(16)8(2)19-13(20-14)10-7-9(17)4-5-11(10)15/h4-5,7H,3,6H2,1-2H3,(H,18,19,20). The fourth-order valence-corrected chi connectivity index (χ4v) is 2.45. The first kappa shape index (κ1) is 15.4. The highest BCUT2D eigenvalue weighted by atomic mass is 79.9. The zero-order valence-corrected chi connectivity index (χ0v) is 14.3. The van der Waals surface area contributed by atoms with Gasteiger partial charge in [-0.1, -0.05) is 22.9 Å². The summed E-state index contributed by atoms with van der Waals surface area (Å²) in [5.74, 6) is 0.914. The van der Waals surface area contributed by atoms with Crippen molar-refractivity contribution in [3.8, 4) is 11.4 Å². The molecule has 0 aliphatic rings. The number of anilines is 1. The predicted octanol–water partition coefficient (Wildman–Crippen LogP) is 4.94. The van der Waals surface area contributed by atoms with E-state index in [9.17, 15) is 4.39 Å². The highest BCUT2D eigenvalue weighted by Crippen LogP contribution is 2.31. The molecular formula is C14H14Br2FN3. The molecule has 0 radical (unpaired) electrons. The van der Waals surface area contributed by atoms with E-state index in [0.717, 1.165) is 33.4 Å². The predicted molar refractivity (Wildman–Crippen MR) is 86.3 cm³/mol. The largest absolute Gasteiger partial charge is 0.369 e. The number of aryl methyl sites for hydroxylation is 1. The van der Waals surface area contributed by atoms with Crippen LogP contribution < -0.4 is 5.32 Å². The van der Waals surface area contributed by atoms with Gasteiger partial charge in [-0.3, -0.25) is 0 Å². The molecule has 1 aromatic carbocycles. The van der Waals surface area contributed by atoms with Crippen molar-refractivity contribution < 1.29 is 4.39 Å². The SMILES string of the molecule is CCCNc1nc(-c2cc(F)ccc2Br)nc(C)c1Br. The van der Waals surface area contributed by atoms with Gasteiger partial charge in [-0.2, -0.15) is 0 Å². The van der Waals surface area contributed by atoms with Gasteiger partial charge in [-0.05, 0) is 47.5 Å². The van der Waals surface area contributed by atoms with Gasteiger partial charge in [-0.25, -0.2) is 14.4 Å². The molecule has 0 aliphatic heterocycles. The number of rotatable bonds is 4. The van der Waals surface area contributed by atoms with E-state index in [4.69, 9.17) is 0 Å². The van der Waals surface area contributed by atoms with Gasteiger partial charge in [0.25, 0.3) is 0 Å². The molecular weight excluding hydrogens is 389 g/mol. The van der Waals surface area contributed by atoms with Crippen LogP contribution in [-0.4, -0.2) is 16.5 Å². The number of hydrogen-bond donors (Lipinski definition) is 1. The van der Waals surface area contributed by atoms with Crippen molar-refractivity contribution in [3.63, 3.8) is 0 Å². The lowest BCUT2D eigenvalue weighted by atomic mass is 10.2. The molecule has 106 valence electrons. The van der Waals surface area contributed by atoms with Crippen LogP contribution in [0, 0.1) is 12.7 Å². The van der Waals surface area contributed by atoms with Crippen molar-refractivity contribution in [2.75, 3.05) is 11.9 Å². The zero-order chi connectivity index (χ0) is 14.7. The Morgan fingerprint density at radius 1 is 1.25 bits per heavy atom. The van der Waals surface area contributed by atoms with E-state index in [-0.39, 0.29) is 5.82 Å². The van der Waals surface area contributed by atoms with Gasteiger partial charge >= 0.3 is 0 Å². The molecule has 1 heterocycles. The second-order valence-corrected chi connectivity index (χ2v) is 5.99. The fourth-order valence-electron chi connectivity index (χ4n) is 1.71. The molecule has 0 saturated heterocycles. The van der Waals surface area contributed by atoms with Crippen molar-refractivity contribution in [1.82, 2.24) is 9.97 Å². The summed E-state index contributed by atoms with van der Waals surface area (Å²) in [7, 11) is 0. The van der Waals surface area contributed by atoms with Gasteiger partial charge in [0, 0.05) is 16.6 Å². The molecule has 0 bridgehead atoms. The summed E-state index contributed by atoms with van der Waals surface area (Å²) in [6.07, 6.45) is 0.995. The lowest BCUT2D eigenvalue weighted by molar-refractivity contribution is 0.628. The average molecular weight is 403 g/mol. The molecule has 0 atom stereocenters. The maximum atomic E-state index is 13.4. The van der Waals surface area contributed by atoms with Crippen molar-refractivity contribution in [3.05, 3.63) is 38.7 Å². The molecule has 0 fully saturated rings. The minimum absolute atomic E-state index is 0.310. The van der Waals surface area contributed by atoms with Crippen LogP contribution in [0.3, 0.4) is 0 Å². The van der Waals surface area contributed by atoms with Gasteiger partial charge in [0.05, 0.1) is 10.2 Å². The van der Waals surface area contributed by atoms with Crippen molar-refractivity contribution >= 4 is 37.7 Å². The molecule has 0 spiro atoms. The van der Waals surface area contributed by atoms with E-state index in [2.05, 4.69) is 54.1 Å². The van der Waals surface area contributed by atoms with Crippen LogP contribution in [0.25, 0.3) is 11.4 Å². The molecule has 1 aromatic heterocycles. The molecule has 1 N–H and O–H groups in total. The Morgan fingerprint density at radius 3 is 2.70 bits per heavy atom. The Kier molecular flexibility index (Phi) is 5.10. The lowest BCUT2D eigenvalue weighted by Gasteiger charge is -2.11. The molecule has 0 amide bonds. The molecule has 3 nitrogen and oxygen atoms in total. The smallest absolute Gasteiger partial charge is 0.163 e. The third-order valence-electron chi connectivity index (χ3n) is 2.73. The summed E-state index contributed by atoms with van der Waals surface area (Å²) in [6.45, 7) is 4.79. The highest BCUT2D eigenvalue weighted by molar-refractivity contribution is 9.11. The lowest BCUT2D eigenvalue weighted by Crippen LogP contribution is -2.06. The Bertz CT molecular complexity index is 632. The zero-order valence-electron chi connectivity index (χ0n) is 11.2. The maximum Gasteiger partial charge on any atom is 0.163 e. The third kappa shape index (κ3) is 3.35. The summed E-state index contributed by atoms with van der Waals surface area (Å²) in [5.41, 5.74) is 1.45. The first-order valence-corrected chi connectivity index (χ1v) is 7.85. The van der Waals surface area contributed by atoms with E-state index in [1.54, 1.807) is 6.07 Å². The Hall–Kier alpha value is -1.01. The van der Waals surface area contributed by atoms with Crippen LogP contribution in [0.5, 0.6) is 0 Å². The molecule has 2 rings (SSSR count). The number of nitrogens with one attached hydrogen (secondary N) is 1. The van der Waals surface area contributed by atoms with Crippen LogP contribution in [-0.2, 0) is 0 Å². The normalized spacial score (nSPS) is 10.7. The summed E-state index contributed by atoms with van der Waals surface area (Å²) in [5, 5.41) is 3.24. The second kappa shape index (κ2) is 6.63. The van der Waals surface area contributed by atoms with Crippen LogP contribution in [0.4, 0.5) is 10.2 Å². The number of nitrogens with zero attached hydrogens (tertiary/aromatic N) is 2. The fraction of sp³-hybridized carbons (Fsp3) is 0.286. The average Bonchev–Trinajstić information content (AvgIpc) is 2.43. The first-order valence-electron chi connectivity index (χ1n) is 6.26. The van der Waals surface area contributed by atoms with E-state index in [1.807, 2.05) is 6.92 Å². The van der Waals surface area contributed by atoms with Crippen molar-refractivity contribution in [1.29, 1.82) is 0 Å². The number of aromatic nitrogens is 2. The molecule has 2 aromatic rings. The molecule has 0 saturated carbocycles. The van der Waals surface area contributed by atoms with Crippen LogP contribution in [0.15, 0.2) is 27.1 Å². The first-order chi connectivity index (χ1) is 9.52. The molecule has 0 aliphatic carbocycles. The van der Waals surface area contributed by atoms with Gasteiger partial charge in [-0.15, -0.1) is 0 Å². The molecule has 20 heavy (non-hydrogen) atoms. The molecule has 0 unspecified atom stereocenters. The highest BCUT2D eigenvalue weighted by Gasteiger charge is 2.13. The quantitative estimate of drug-likeness (QED) is 0.787. The number of benzene rings is 1. The number of hydrogen-bond acceptors (Lipinski definition) is 3.